The van der Waals surface area contributed by atoms with E-state index in [2.05, 4.69) is 0 Å². The molecular formula is C26H28ClNO6. The predicted molar refractivity (Wildman–Crippen MR) is 129 cm³/mol. The van der Waals surface area contributed by atoms with Gasteiger partial charge in [-0.1, -0.05) is 36.6 Å². The zero-order chi connectivity index (χ0) is 24.4. The van der Waals surface area contributed by atoms with Crippen molar-refractivity contribution in [3.8, 4) is 17.2 Å². The normalized spacial score (nSPS) is 20.1. The molecule has 2 aliphatic rings. The van der Waals surface area contributed by atoms with Gasteiger partial charge in [-0.25, -0.2) is 0 Å². The van der Waals surface area contributed by atoms with E-state index in [1.54, 1.807) is 4.90 Å². The monoisotopic (exact) mass is 485 g/mol. The number of aliphatic hydroxyl groups excluding tert-OH is 1. The third kappa shape index (κ3) is 4.20. The summed E-state index contributed by atoms with van der Waals surface area (Å²) in [5.74, 6) is -0.423. The van der Waals surface area contributed by atoms with E-state index in [-0.39, 0.29) is 33.7 Å². The standard InChI is InChI=1S/C26H28ClNO6/c1-4-34-17-11-7-8-15(12-17)23-22(25(30)26(31)28(23)16-9-5-6-10-16)24(29)18-13-19(27)21(33-3)14-20(18)32-2/h7-8,11-14,16,23,29H,4-6,9-10H2,1-3H3/b24-22+. The number of benzene rings is 2. The molecule has 2 fully saturated rings. The van der Waals surface area contributed by atoms with Crippen molar-refractivity contribution < 1.29 is 28.9 Å². The Balaban J connectivity index is 1.93. The van der Waals surface area contributed by atoms with Crippen LogP contribution in [0.2, 0.25) is 5.02 Å². The molecule has 1 N–H and O–H groups in total. The number of Topliss-reactive ketones (excluding diaryl/α,β-unsaturated/α-hetero) is 1. The maximum atomic E-state index is 13.4. The van der Waals surface area contributed by atoms with Crippen molar-refractivity contribution in [2.24, 2.45) is 0 Å². The lowest BCUT2D eigenvalue weighted by atomic mass is 9.94. The summed E-state index contributed by atoms with van der Waals surface area (Å²) >= 11 is 6.32. The number of halogens is 1. The van der Waals surface area contributed by atoms with E-state index >= 15 is 0 Å². The zero-order valence-corrected chi connectivity index (χ0v) is 20.2. The number of ether oxygens (including phenoxy) is 3. The molecule has 1 unspecified atom stereocenters. The van der Waals surface area contributed by atoms with E-state index in [9.17, 15) is 14.7 Å². The third-order valence-corrected chi connectivity index (χ3v) is 6.71. The van der Waals surface area contributed by atoms with E-state index in [1.807, 2.05) is 31.2 Å². The molecule has 1 aliphatic heterocycles. The van der Waals surface area contributed by atoms with Gasteiger partial charge in [-0.2, -0.15) is 0 Å². The lowest BCUT2D eigenvalue weighted by Gasteiger charge is -2.31. The van der Waals surface area contributed by atoms with Gasteiger partial charge in [0.05, 0.1) is 43.0 Å². The number of nitrogens with zero attached hydrogens (tertiary/aromatic N) is 1. The fraction of sp³-hybridized carbons (Fsp3) is 0.385. The quantitative estimate of drug-likeness (QED) is 0.333. The molecule has 34 heavy (non-hydrogen) atoms. The molecule has 0 spiro atoms. The van der Waals surface area contributed by atoms with Crippen LogP contribution in [0.25, 0.3) is 5.76 Å². The smallest absolute Gasteiger partial charge is 0.295 e. The Morgan fingerprint density at radius 2 is 1.79 bits per heavy atom. The van der Waals surface area contributed by atoms with Crippen LogP contribution in [0.3, 0.4) is 0 Å². The summed E-state index contributed by atoms with van der Waals surface area (Å²) in [5, 5.41) is 11.7. The Morgan fingerprint density at radius 1 is 1.09 bits per heavy atom. The topological polar surface area (TPSA) is 85.3 Å². The number of carbonyl (C=O) groups is 2. The molecule has 180 valence electrons. The van der Waals surface area contributed by atoms with Crippen LogP contribution in [0, 0.1) is 0 Å². The van der Waals surface area contributed by atoms with Gasteiger partial charge in [0.25, 0.3) is 11.7 Å². The van der Waals surface area contributed by atoms with Crippen molar-refractivity contribution in [3.05, 3.63) is 58.1 Å². The van der Waals surface area contributed by atoms with Crippen molar-refractivity contribution in [3.63, 3.8) is 0 Å². The SMILES string of the molecule is CCOc1cccc(C2/C(=C(\O)c3cc(Cl)c(OC)cc3OC)C(=O)C(=O)N2C2CCCC2)c1. The van der Waals surface area contributed by atoms with Gasteiger partial charge in [0, 0.05) is 12.1 Å². The highest BCUT2D eigenvalue weighted by molar-refractivity contribution is 6.46. The Hall–Kier alpha value is -3.19. The second-order valence-electron chi connectivity index (χ2n) is 8.34. The molecule has 1 heterocycles. The molecule has 1 amide bonds. The van der Waals surface area contributed by atoms with Gasteiger partial charge in [0.1, 0.15) is 23.0 Å². The van der Waals surface area contributed by atoms with Crippen molar-refractivity contribution in [2.45, 2.75) is 44.7 Å². The number of hydrogen-bond acceptors (Lipinski definition) is 6. The fourth-order valence-electron chi connectivity index (χ4n) is 4.87. The summed E-state index contributed by atoms with van der Waals surface area (Å²) in [6.07, 6.45) is 3.60. The summed E-state index contributed by atoms with van der Waals surface area (Å²) in [6, 6.07) is 9.47. The first-order valence-electron chi connectivity index (χ1n) is 11.4. The molecule has 1 atom stereocenters. The molecule has 1 aliphatic carbocycles. The summed E-state index contributed by atoms with van der Waals surface area (Å²) < 4.78 is 16.3. The van der Waals surface area contributed by atoms with E-state index in [1.165, 1.54) is 26.4 Å². The van der Waals surface area contributed by atoms with Crippen LogP contribution in [0.5, 0.6) is 17.2 Å². The van der Waals surface area contributed by atoms with Gasteiger partial charge in [0.2, 0.25) is 0 Å². The third-order valence-electron chi connectivity index (χ3n) is 6.41. The molecule has 4 rings (SSSR count). The molecular weight excluding hydrogens is 458 g/mol. The van der Waals surface area contributed by atoms with Crippen molar-refractivity contribution in [2.75, 3.05) is 20.8 Å². The maximum Gasteiger partial charge on any atom is 0.295 e. The fourth-order valence-corrected chi connectivity index (χ4v) is 5.11. The number of hydrogen-bond donors (Lipinski definition) is 1. The lowest BCUT2D eigenvalue weighted by Crippen LogP contribution is -2.37. The van der Waals surface area contributed by atoms with Gasteiger partial charge in [-0.3, -0.25) is 9.59 Å². The van der Waals surface area contributed by atoms with Gasteiger partial charge < -0.3 is 24.2 Å². The second-order valence-corrected chi connectivity index (χ2v) is 8.74. The number of ketones is 1. The van der Waals surface area contributed by atoms with E-state index < -0.39 is 17.7 Å². The largest absolute Gasteiger partial charge is 0.507 e. The lowest BCUT2D eigenvalue weighted by molar-refractivity contribution is -0.141. The average molecular weight is 486 g/mol. The van der Waals surface area contributed by atoms with Gasteiger partial charge in [-0.05, 0) is 43.5 Å². The average Bonchev–Trinajstić information content (AvgIpc) is 3.45. The minimum Gasteiger partial charge on any atom is -0.507 e. The molecule has 1 saturated carbocycles. The highest BCUT2D eigenvalue weighted by atomic mass is 35.5. The van der Waals surface area contributed by atoms with E-state index in [0.717, 1.165) is 25.7 Å². The molecule has 0 radical (unpaired) electrons. The number of carbonyl (C=O) groups excluding carboxylic acids is 2. The molecule has 0 aromatic heterocycles. The zero-order valence-electron chi connectivity index (χ0n) is 19.5. The number of amides is 1. The molecule has 7 nitrogen and oxygen atoms in total. The molecule has 0 bridgehead atoms. The predicted octanol–water partition coefficient (Wildman–Crippen LogP) is 5.12. The van der Waals surface area contributed by atoms with Crippen molar-refractivity contribution in [1.29, 1.82) is 0 Å². The summed E-state index contributed by atoms with van der Waals surface area (Å²) in [7, 11) is 2.91. The first kappa shape index (κ1) is 24.0. The van der Waals surface area contributed by atoms with E-state index in [0.29, 0.717) is 23.7 Å². The van der Waals surface area contributed by atoms with Crippen molar-refractivity contribution >= 4 is 29.1 Å². The van der Waals surface area contributed by atoms with E-state index in [4.69, 9.17) is 25.8 Å². The highest BCUT2D eigenvalue weighted by Crippen LogP contribution is 2.46. The number of likely N-dealkylation sites (tertiary alicyclic amines) is 1. The summed E-state index contributed by atoms with van der Waals surface area (Å²) in [6.45, 7) is 2.37. The van der Waals surface area contributed by atoms with Crippen molar-refractivity contribution in [1.82, 2.24) is 4.90 Å². The summed E-state index contributed by atoms with van der Waals surface area (Å²) in [4.78, 5) is 28.3. The number of methoxy groups -OCH3 is 2. The van der Waals surface area contributed by atoms with Crippen LogP contribution >= 0.6 is 11.6 Å². The van der Waals surface area contributed by atoms with Crippen LogP contribution in [-0.4, -0.2) is 48.6 Å². The Morgan fingerprint density at radius 3 is 2.44 bits per heavy atom. The Kier molecular flexibility index (Phi) is 7.03. The van der Waals surface area contributed by atoms with Crippen LogP contribution in [0.1, 0.15) is 49.8 Å². The maximum absolute atomic E-state index is 13.4. The van der Waals surface area contributed by atoms with Crippen LogP contribution in [0.4, 0.5) is 0 Å². The molecule has 2 aromatic rings. The Bertz CT molecular complexity index is 1140. The minimum atomic E-state index is -0.755. The highest BCUT2D eigenvalue weighted by Gasteiger charge is 2.49. The number of aliphatic hydroxyl groups is 1. The van der Waals surface area contributed by atoms with Gasteiger partial charge in [-0.15, -0.1) is 0 Å². The first-order chi connectivity index (χ1) is 16.4. The summed E-state index contributed by atoms with van der Waals surface area (Å²) in [5.41, 5.74) is 0.908. The second kappa shape index (κ2) is 9.97. The van der Waals surface area contributed by atoms with Crippen LogP contribution in [-0.2, 0) is 9.59 Å². The van der Waals surface area contributed by atoms with Crippen LogP contribution < -0.4 is 14.2 Å². The van der Waals surface area contributed by atoms with Crippen LogP contribution in [0.15, 0.2) is 42.0 Å². The minimum absolute atomic E-state index is 0.00471. The number of rotatable bonds is 7. The molecule has 2 aromatic carbocycles. The van der Waals surface area contributed by atoms with Gasteiger partial charge >= 0.3 is 0 Å². The van der Waals surface area contributed by atoms with Gasteiger partial charge in [0.15, 0.2) is 0 Å². The Labute approximate surface area is 203 Å². The molecule has 8 heteroatoms. The molecule has 1 saturated heterocycles. The first-order valence-corrected chi connectivity index (χ1v) is 11.7.